The van der Waals surface area contributed by atoms with Crippen LogP contribution in [0.2, 0.25) is 0 Å². The van der Waals surface area contributed by atoms with Gasteiger partial charge in [-0.3, -0.25) is 9.59 Å². The van der Waals surface area contributed by atoms with Gasteiger partial charge < -0.3 is 20.3 Å². The largest absolute Gasteiger partial charge is 0.444 e. The Morgan fingerprint density at radius 1 is 1.03 bits per heavy atom. The number of amides is 3. The van der Waals surface area contributed by atoms with Crippen molar-refractivity contribution in [2.45, 2.75) is 52.1 Å². The Morgan fingerprint density at radius 3 is 2.28 bits per heavy atom. The molecule has 1 aliphatic rings. The number of rotatable bonds is 7. The summed E-state index contributed by atoms with van der Waals surface area (Å²) in [6.07, 6.45) is 2.08. The first-order chi connectivity index (χ1) is 13.7. The van der Waals surface area contributed by atoms with E-state index in [0.29, 0.717) is 45.4 Å². The molecule has 0 saturated carbocycles. The molecule has 7 heteroatoms. The van der Waals surface area contributed by atoms with Crippen molar-refractivity contribution in [1.29, 1.82) is 0 Å². The maximum atomic E-state index is 12.4. The minimum absolute atomic E-state index is 0.0210. The van der Waals surface area contributed by atoms with Crippen LogP contribution in [0, 0.1) is 5.92 Å². The molecule has 0 radical (unpaired) electrons. The molecule has 0 aromatic heterocycles. The van der Waals surface area contributed by atoms with Crippen LogP contribution in [0.25, 0.3) is 0 Å². The third kappa shape index (κ3) is 8.54. The monoisotopic (exact) mass is 403 g/mol. The van der Waals surface area contributed by atoms with E-state index in [2.05, 4.69) is 10.6 Å². The highest BCUT2D eigenvalue weighted by Crippen LogP contribution is 2.18. The molecular weight excluding hydrogens is 370 g/mol. The Balaban J connectivity index is 1.61. The predicted octanol–water partition coefficient (Wildman–Crippen LogP) is 2.50. The lowest BCUT2D eigenvalue weighted by Gasteiger charge is -2.31. The highest BCUT2D eigenvalue weighted by molar-refractivity contribution is 5.80. The van der Waals surface area contributed by atoms with Crippen LogP contribution in [0.5, 0.6) is 0 Å². The van der Waals surface area contributed by atoms with Crippen LogP contribution in [-0.4, -0.2) is 54.6 Å². The maximum Gasteiger partial charge on any atom is 0.407 e. The number of nitrogens with one attached hydrogen (secondary N) is 2. The van der Waals surface area contributed by atoms with Crippen LogP contribution in [0.3, 0.4) is 0 Å². The number of alkyl carbamates (subject to hydrolysis) is 1. The smallest absolute Gasteiger partial charge is 0.407 e. The first-order valence-corrected chi connectivity index (χ1v) is 10.3. The van der Waals surface area contributed by atoms with E-state index in [9.17, 15) is 14.4 Å². The summed E-state index contributed by atoms with van der Waals surface area (Å²) in [5.41, 5.74) is 0.620. The van der Waals surface area contributed by atoms with E-state index in [4.69, 9.17) is 4.74 Å². The summed E-state index contributed by atoms with van der Waals surface area (Å²) in [4.78, 5) is 38.1. The first kappa shape index (κ1) is 22.7. The van der Waals surface area contributed by atoms with Gasteiger partial charge in [-0.05, 0) is 45.6 Å². The van der Waals surface area contributed by atoms with Crippen molar-refractivity contribution < 1.29 is 19.1 Å². The molecule has 1 saturated heterocycles. The van der Waals surface area contributed by atoms with Gasteiger partial charge in [-0.25, -0.2) is 4.79 Å². The van der Waals surface area contributed by atoms with Gasteiger partial charge in [-0.15, -0.1) is 0 Å². The van der Waals surface area contributed by atoms with Crippen molar-refractivity contribution >= 4 is 17.9 Å². The van der Waals surface area contributed by atoms with Crippen LogP contribution < -0.4 is 10.6 Å². The Morgan fingerprint density at radius 2 is 1.66 bits per heavy atom. The second-order valence-electron chi connectivity index (χ2n) is 8.36. The van der Waals surface area contributed by atoms with E-state index in [1.54, 1.807) is 20.8 Å². The van der Waals surface area contributed by atoms with Crippen molar-refractivity contribution in [3.05, 3.63) is 35.9 Å². The standard InChI is InChI=1S/C22H33N3O4/c1-22(2,3)29-21(28)24-14-13-23-20(27)18-11-15-25(16-12-18)19(26)10-9-17-7-5-4-6-8-17/h4-8,18H,9-16H2,1-3H3,(H,23,27)(H,24,28). The SMILES string of the molecule is CC(C)(C)OC(=O)NCCNC(=O)C1CCN(C(=O)CCc2ccccc2)CC1. The molecule has 1 heterocycles. The molecule has 1 aliphatic heterocycles. The van der Waals surface area contributed by atoms with E-state index in [1.165, 1.54) is 0 Å². The molecule has 1 aromatic rings. The Kier molecular flexibility index (Phi) is 8.49. The normalized spacial score (nSPS) is 14.9. The fourth-order valence-corrected chi connectivity index (χ4v) is 3.25. The number of piperidine rings is 1. The lowest BCUT2D eigenvalue weighted by atomic mass is 9.95. The summed E-state index contributed by atoms with van der Waals surface area (Å²) in [5, 5.41) is 5.47. The quantitative estimate of drug-likeness (QED) is 0.685. The van der Waals surface area contributed by atoms with Gasteiger partial charge in [0, 0.05) is 38.5 Å². The van der Waals surface area contributed by atoms with Gasteiger partial charge in [-0.1, -0.05) is 30.3 Å². The zero-order valence-electron chi connectivity index (χ0n) is 17.7. The molecule has 2 rings (SSSR count). The van der Waals surface area contributed by atoms with Crippen molar-refractivity contribution in [2.75, 3.05) is 26.2 Å². The predicted molar refractivity (Wildman–Crippen MR) is 111 cm³/mol. The van der Waals surface area contributed by atoms with Crippen LogP contribution in [-0.2, 0) is 20.7 Å². The zero-order valence-corrected chi connectivity index (χ0v) is 17.7. The summed E-state index contributed by atoms with van der Waals surface area (Å²) >= 11 is 0. The third-order valence-corrected chi connectivity index (χ3v) is 4.78. The first-order valence-electron chi connectivity index (χ1n) is 10.3. The van der Waals surface area contributed by atoms with Gasteiger partial charge in [0.1, 0.15) is 5.60 Å². The Labute approximate surface area is 173 Å². The lowest BCUT2D eigenvalue weighted by Crippen LogP contribution is -2.44. The van der Waals surface area contributed by atoms with Crippen LogP contribution >= 0.6 is 0 Å². The van der Waals surface area contributed by atoms with Crippen LogP contribution in [0.1, 0.15) is 45.6 Å². The third-order valence-electron chi connectivity index (χ3n) is 4.78. The second kappa shape index (κ2) is 10.8. The average Bonchev–Trinajstić information content (AvgIpc) is 2.69. The molecule has 160 valence electrons. The minimum Gasteiger partial charge on any atom is -0.444 e. The number of nitrogens with zero attached hydrogens (tertiary/aromatic N) is 1. The fourth-order valence-electron chi connectivity index (χ4n) is 3.25. The molecule has 0 bridgehead atoms. The molecular formula is C22H33N3O4. The lowest BCUT2D eigenvalue weighted by molar-refractivity contribution is -0.135. The number of hydrogen-bond acceptors (Lipinski definition) is 4. The summed E-state index contributed by atoms with van der Waals surface area (Å²) in [5.74, 6) is 0.0383. The molecule has 0 unspecified atom stereocenters. The summed E-state index contributed by atoms with van der Waals surface area (Å²) in [7, 11) is 0. The summed E-state index contributed by atoms with van der Waals surface area (Å²) in [6.45, 7) is 7.29. The molecule has 3 amide bonds. The van der Waals surface area contributed by atoms with Crippen molar-refractivity contribution in [3.8, 4) is 0 Å². The number of hydrogen-bond donors (Lipinski definition) is 2. The average molecular weight is 404 g/mol. The van der Waals surface area contributed by atoms with E-state index in [0.717, 1.165) is 12.0 Å². The van der Waals surface area contributed by atoms with E-state index in [1.807, 2.05) is 35.2 Å². The molecule has 29 heavy (non-hydrogen) atoms. The molecule has 1 fully saturated rings. The number of carbonyl (C=O) groups is 3. The second-order valence-corrected chi connectivity index (χ2v) is 8.36. The van der Waals surface area contributed by atoms with Crippen LogP contribution in [0.15, 0.2) is 30.3 Å². The van der Waals surface area contributed by atoms with Gasteiger partial charge in [0.05, 0.1) is 0 Å². The van der Waals surface area contributed by atoms with Gasteiger partial charge in [0.2, 0.25) is 11.8 Å². The van der Waals surface area contributed by atoms with Gasteiger partial charge in [0.25, 0.3) is 0 Å². The van der Waals surface area contributed by atoms with Gasteiger partial charge in [0.15, 0.2) is 0 Å². The molecule has 1 aromatic carbocycles. The van der Waals surface area contributed by atoms with Crippen molar-refractivity contribution in [1.82, 2.24) is 15.5 Å². The highest BCUT2D eigenvalue weighted by atomic mass is 16.6. The minimum atomic E-state index is -0.542. The van der Waals surface area contributed by atoms with E-state index < -0.39 is 11.7 Å². The van der Waals surface area contributed by atoms with Crippen molar-refractivity contribution in [2.24, 2.45) is 5.92 Å². The number of likely N-dealkylation sites (tertiary alicyclic amines) is 1. The highest BCUT2D eigenvalue weighted by Gasteiger charge is 2.27. The number of aryl methyl sites for hydroxylation is 1. The number of benzene rings is 1. The fraction of sp³-hybridized carbons (Fsp3) is 0.591. The summed E-state index contributed by atoms with van der Waals surface area (Å²) < 4.78 is 5.14. The molecule has 2 N–H and O–H groups in total. The van der Waals surface area contributed by atoms with Crippen LogP contribution in [0.4, 0.5) is 4.79 Å². The Hall–Kier alpha value is -2.57. The molecule has 7 nitrogen and oxygen atoms in total. The zero-order chi connectivity index (χ0) is 21.3. The molecule has 0 spiro atoms. The molecule has 0 atom stereocenters. The number of carbonyl (C=O) groups excluding carboxylic acids is 3. The van der Waals surface area contributed by atoms with E-state index >= 15 is 0 Å². The number of ether oxygens (including phenoxy) is 1. The molecule has 0 aliphatic carbocycles. The summed E-state index contributed by atoms with van der Waals surface area (Å²) in [6, 6.07) is 9.98. The van der Waals surface area contributed by atoms with Gasteiger partial charge in [-0.2, -0.15) is 0 Å². The Bertz CT molecular complexity index is 677. The van der Waals surface area contributed by atoms with Crippen molar-refractivity contribution in [3.63, 3.8) is 0 Å². The topological polar surface area (TPSA) is 87.7 Å². The maximum absolute atomic E-state index is 12.4. The van der Waals surface area contributed by atoms with Gasteiger partial charge >= 0.3 is 6.09 Å². The van der Waals surface area contributed by atoms with E-state index in [-0.39, 0.29) is 17.7 Å².